The van der Waals surface area contributed by atoms with E-state index in [2.05, 4.69) is 5.32 Å². The summed E-state index contributed by atoms with van der Waals surface area (Å²) in [4.78, 5) is 24.2. The van der Waals surface area contributed by atoms with Crippen molar-refractivity contribution < 1.29 is 14.3 Å². The number of esters is 1. The minimum atomic E-state index is -0.656. The summed E-state index contributed by atoms with van der Waals surface area (Å²) in [6.45, 7) is 4.10. The van der Waals surface area contributed by atoms with Gasteiger partial charge in [-0.3, -0.25) is 4.79 Å². The van der Waals surface area contributed by atoms with Gasteiger partial charge in [-0.15, -0.1) is 0 Å². The van der Waals surface area contributed by atoms with E-state index in [9.17, 15) is 14.9 Å². The molecule has 0 unspecified atom stereocenters. The zero-order chi connectivity index (χ0) is 17.9. The largest absolute Gasteiger partial charge is 0.464 e. The maximum Gasteiger partial charge on any atom is 0.357 e. The second-order valence-corrected chi connectivity index (χ2v) is 5.09. The topological polar surface area (TPSA) is 110 Å². The van der Waals surface area contributed by atoms with Crippen molar-refractivity contribution in [1.82, 2.24) is 9.88 Å². The lowest BCUT2D eigenvalue weighted by atomic mass is 10.1. The van der Waals surface area contributed by atoms with Crippen LogP contribution in [-0.4, -0.2) is 30.1 Å². The first kappa shape index (κ1) is 17.1. The molecule has 1 aromatic carbocycles. The molecular weight excluding hydrogens is 308 g/mol. The summed E-state index contributed by atoms with van der Waals surface area (Å²) in [6.07, 6.45) is 1.46. The maximum absolute atomic E-state index is 12.2. The van der Waals surface area contributed by atoms with E-state index in [1.807, 2.05) is 13.0 Å². The number of hydrogen-bond acceptors (Lipinski definition) is 5. The number of hydrogen-bond donors (Lipinski definition) is 2. The minimum absolute atomic E-state index is 0.0483. The number of anilines is 1. The van der Waals surface area contributed by atoms with Gasteiger partial charge < -0.3 is 20.4 Å². The van der Waals surface area contributed by atoms with Crippen molar-refractivity contribution in [3.63, 3.8) is 0 Å². The molecule has 1 heterocycles. The van der Waals surface area contributed by atoms with Crippen LogP contribution in [-0.2, 0) is 4.74 Å². The Morgan fingerprint density at radius 3 is 2.71 bits per heavy atom. The van der Waals surface area contributed by atoms with Crippen molar-refractivity contribution >= 4 is 17.6 Å². The van der Waals surface area contributed by atoms with E-state index in [4.69, 9.17) is 10.5 Å². The molecule has 3 N–H and O–H groups in total. The number of amides is 1. The first-order valence-corrected chi connectivity index (χ1v) is 7.33. The molecule has 0 saturated heterocycles. The summed E-state index contributed by atoms with van der Waals surface area (Å²) in [5.41, 5.74) is 7.89. The normalized spacial score (nSPS) is 10.1. The molecule has 7 nitrogen and oxygen atoms in total. The van der Waals surface area contributed by atoms with Crippen LogP contribution in [0.4, 0.5) is 5.69 Å². The molecule has 0 radical (unpaired) electrons. The maximum atomic E-state index is 12.2. The van der Waals surface area contributed by atoms with Gasteiger partial charge in [0.15, 0.2) is 5.69 Å². The Morgan fingerprint density at radius 1 is 1.42 bits per heavy atom. The predicted molar refractivity (Wildman–Crippen MR) is 89.0 cm³/mol. The molecule has 0 aliphatic carbocycles. The van der Waals surface area contributed by atoms with Crippen LogP contribution in [0.15, 0.2) is 24.4 Å². The number of nitrogens with zero attached hydrogens (tertiary/aromatic N) is 2. The quantitative estimate of drug-likeness (QED) is 0.832. The van der Waals surface area contributed by atoms with Crippen LogP contribution in [0.2, 0.25) is 0 Å². The van der Waals surface area contributed by atoms with Crippen LogP contribution in [0.25, 0.3) is 5.69 Å². The molecule has 124 valence electrons. The standard InChI is InChI=1S/C17H18N4O3/c1-4-20-16(22)12-6-5-7-13(10(12)2)21-9-11(8-18)14(19)15(21)17(23)24-3/h5-7,9H,4,19H2,1-3H3,(H,20,22). The van der Waals surface area contributed by atoms with Gasteiger partial charge in [0.25, 0.3) is 5.91 Å². The number of nitriles is 1. The summed E-state index contributed by atoms with van der Waals surface area (Å²) in [5, 5.41) is 11.9. The Morgan fingerprint density at radius 2 is 2.12 bits per heavy atom. The molecule has 0 aliphatic rings. The highest BCUT2D eigenvalue weighted by Crippen LogP contribution is 2.27. The summed E-state index contributed by atoms with van der Waals surface area (Å²) >= 11 is 0. The van der Waals surface area contributed by atoms with E-state index in [1.165, 1.54) is 17.9 Å². The van der Waals surface area contributed by atoms with Crippen molar-refractivity contribution in [2.75, 3.05) is 19.4 Å². The van der Waals surface area contributed by atoms with Gasteiger partial charge in [-0.05, 0) is 31.5 Å². The van der Waals surface area contributed by atoms with Gasteiger partial charge >= 0.3 is 5.97 Å². The number of benzene rings is 1. The first-order valence-electron chi connectivity index (χ1n) is 7.33. The van der Waals surface area contributed by atoms with Crippen LogP contribution in [0.5, 0.6) is 0 Å². The average molecular weight is 326 g/mol. The molecule has 0 aliphatic heterocycles. The van der Waals surface area contributed by atoms with E-state index < -0.39 is 5.97 Å². The fourth-order valence-electron chi connectivity index (χ4n) is 2.49. The Bertz CT molecular complexity index is 846. The number of nitrogens with one attached hydrogen (secondary N) is 1. The summed E-state index contributed by atoms with van der Waals surface area (Å²) < 4.78 is 6.25. The number of aromatic nitrogens is 1. The van der Waals surface area contributed by atoms with Crippen molar-refractivity contribution in [2.45, 2.75) is 13.8 Å². The zero-order valence-electron chi connectivity index (χ0n) is 13.7. The Kier molecular flexibility index (Phi) is 4.90. The van der Waals surface area contributed by atoms with Crippen LogP contribution >= 0.6 is 0 Å². The molecule has 0 saturated carbocycles. The van der Waals surface area contributed by atoms with Gasteiger partial charge in [0.2, 0.25) is 0 Å². The number of methoxy groups -OCH3 is 1. The Hall–Kier alpha value is -3.27. The summed E-state index contributed by atoms with van der Waals surface area (Å²) in [7, 11) is 1.24. The lowest BCUT2D eigenvalue weighted by Gasteiger charge is -2.14. The lowest BCUT2D eigenvalue weighted by molar-refractivity contribution is 0.0593. The Labute approximate surface area is 139 Å². The summed E-state index contributed by atoms with van der Waals surface area (Å²) in [5.74, 6) is -0.867. The van der Waals surface area contributed by atoms with Crippen molar-refractivity contribution in [3.05, 3.63) is 46.8 Å². The Balaban J connectivity index is 2.70. The highest BCUT2D eigenvalue weighted by molar-refractivity contribution is 5.98. The molecule has 0 atom stereocenters. The molecule has 2 rings (SSSR count). The smallest absolute Gasteiger partial charge is 0.357 e. The monoisotopic (exact) mass is 326 g/mol. The number of rotatable bonds is 4. The molecular formula is C17H18N4O3. The average Bonchev–Trinajstić information content (AvgIpc) is 2.91. The third kappa shape index (κ3) is 2.82. The van der Waals surface area contributed by atoms with Gasteiger partial charge in [0.1, 0.15) is 6.07 Å². The first-order chi connectivity index (χ1) is 11.5. The number of ether oxygens (including phenoxy) is 1. The molecule has 0 spiro atoms. The molecule has 1 aromatic heterocycles. The SMILES string of the molecule is CCNC(=O)c1cccc(-n2cc(C#N)c(N)c2C(=O)OC)c1C. The summed E-state index contributed by atoms with van der Waals surface area (Å²) in [6, 6.07) is 7.09. The predicted octanol–water partition coefficient (Wildman–Crippen LogP) is 1.78. The molecule has 0 fully saturated rings. The minimum Gasteiger partial charge on any atom is -0.464 e. The lowest BCUT2D eigenvalue weighted by Crippen LogP contribution is -2.24. The van der Waals surface area contributed by atoms with E-state index in [-0.39, 0.29) is 22.9 Å². The zero-order valence-corrected chi connectivity index (χ0v) is 13.7. The molecule has 2 aromatic rings. The van der Waals surface area contributed by atoms with Gasteiger partial charge in [-0.2, -0.15) is 5.26 Å². The van der Waals surface area contributed by atoms with E-state index >= 15 is 0 Å². The van der Waals surface area contributed by atoms with Gasteiger partial charge in [-0.25, -0.2) is 4.79 Å². The van der Waals surface area contributed by atoms with Gasteiger partial charge in [-0.1, -0.05) is 6.07 Å². The van der Waals surface area contributed by atoms with Crippen molar-refractivity contribution in [3.8, 4) is 11.8 Å². The van der Waals surface area contributed by atoms with Crippen LogP contribution < -0.4 is 11.1 Å². The van der Waals surface area contributed by atoms with Gasteiger partial charge in [0, 0.05) is 24.0 Å². The molecule has 7 heteroatoms. The number of carbonyl (C=O) groups is 2. The van der Waals surface area contributed by atoms with Crippen LogP contribution in [0.3, 0.4) is 0 Å². The van der Waals surface area contributed by atoms with E-state index in [1.54, 1.807) is 25.1 Å². The number of nitrogen functional groups attached to an aromatic ring is 1. The van der Waals surface area contributed by atoms with Crippen molar-refractivity contribution in [1.29, 1.82) is 5.26 Å². The van der Waals surface area contributed by atoms with Crippen LogP contribution in [0.1, 0.15) is 38.9 Å². The molecule has 1 amide bonds. The highest BCUT2D eigenvalue weighted by Gasteiger charge is 2.23. The second kappa shape index (κ2) is 6.87. The van der Waals surface area contributed by atoms with Gasteiger partial charge in [0.05, 0.1) is 18.4 Å². The van der Waals surface area contributed by atoms with E-state index in [0.717, 1.165) is 0 Å². The highest BCUT2D eigenvalue weighted by atomic mass is 16.5. The third-order valence-electron chi connectivity index (χ3n) is 3.69. The number of nitrogens with two attached hydrogens (primary N) is 1. The fourth-order valence-corrected chi connectivity index (χ4v) is 2.49. The molecule has 0 bridgehead atoms. The second-order valence-electron chi connectivity index (χ2n) is 5.09. The molecule has 24 heavy (non-hydrogen) atoms. The fraction of sp³-hybridized carbons (Fsp3) is 0.235. The third-order valence-corrected chi connectivity index (χ3v) is 3.69. The van der Waals surface area contributed by atoms with E-state index in [0.29, 0.717) is 23.4 Å². The van der Waals surface area contributed by atoms with Crippen molar-refractivity contribution in [2.24, 2.45) is 0 Å². The van der Waals surface area contributed by atoms with Crippen LogP contribution in [0, 0.1) is 18.3 Å². The number of carbonyl (C=O) groups excluding carboxylic acids is 2.